The number of anilines is 1. The van der Waals surface area contributed by atoms with Crippen LogP contribution in [-0.4, -0.2) is 57.4 Å². The number of piperazine rings is 1. The summed E-state index contributed by atoms with van der Waals surface area (Å²) in [4.78, 5) is 17.4. The molecular weight excluding hydrogens is 434 g/mol. The molecule has 3 aromatic carbocycles. The molecule has 4 rings (SSSR count). The van der Waals surface area contributed by atoms with Gasteiger partial charge in [0.1, 0.15) is 0 Å². The number of amides is 1. The van der Waals surface area contributed by atoms with Crippen LogP contribution in [0.1, 0.15) is 21.5 Å². The monoisotopic (exact) mass is 463 g/mol. The molecule has 0 atom stereocenters. The number of benzene rings is 3. The molecule has 1 aliphatic heterocycles. The van der Waals surface area contributed by atoms with Gasteiger partial charge >= 0.3 is 0 Å². The van der Waals surface area contributed by atoms with Crippen LogP contribution in [0.4, 0.5) is 5.69 Å². The Morgan fingerprint density at radius 2 is 1.45 bits per heavy atom. The van der Waals surface area contributed by atoms with Gasteiger partial charge < -0.3 is 4.90 Å². The lowest BCUT2D eigenvalue weighted by atomic mass is 10.1. The lowest BCUT2D eigenvalue weighted by molar-refractivity contribution is 0.0628. The summed E-state index contributed by atoms with van der Waals surface area (Å²) in [5.41, 5.74) is 3.36. The Bertz CT molecular complexity index is 1190. The summed E-state index contributed by atoms with van der Waals surface area (Å²) >= 11 is 0. The van der Waals surface area contributed by atoms with E-state index in [4.69, 9.17) is 0 Å². The van der Waals surface area contributed by atoms with Gasteiger partial charge in [-0.1, -0.05) is 48.0 Å². The number of carbonyl (C=O) groups is 1. The molecule has 172 valence electrons. The van der Waals surface area contributed by atoms with Crippen LogP contribution in [-0.2, 0) is 16.6 Å². The van der Waals surface area contributed by atoms with Crippen molar-refractivity contribution in [1.29, 1.82) is 0 Å². The maximum Gasteiger partial charge on any atom is 0.264 e. The Kier molecular flexibility index (Phi) is 6.81. The van der Waals surface area contributed by atoms with Crippen molar-refractivity contribution < 1.29 is 13.2 Å². The molecule has 0 aliphatic carbocycles. The van der Waals surface area contributed by atoms with Gasteiger partial charge in [-0.05, 0) is 48.9 Å². The first-order valence-electron chi connectivity index (χ1n) is 11.1. The fourth-order valence-corrected chi connectivity index (χ4v) is 5.15. The summed E-state index contributed by atoms with van der Waals surface area (Å²) in [5, 5.41) is 0. The summed E-state index contributed by atoms with van der Waals surface area (Å²) < 4.78 is 27.1. The van der Waals surface area contributed by atoms with E-state index in [0.717, 1.165) is 25.2 Å². The van der Waals surface area contributed by atoms with Crippen molar-refractivity contribution in [3.8, 4) is 0 Å². The number of sulfonamides is 1. The smallest absolute Gasteiger partial charge is 0.264 e. The molecule has 1 saturated heterocycles. The molecule has 1 fully saturated rings. The van der Waals surface area contributed by atoms with Crippen molar-refractivity contribution >= 4 is 21.6 Å². The highest BCUT2D eigenvalue weighted by atomic mass is 32.2. The summed E-state index contributed by atoms with van der Waals surface area (Å²) in [6, 6.07) is 23.9. The van der Waals surface area contributed by atoms with Crippen molar-refractivity contribution in [1.82, 2.24) is 9.80 Å². The first-order chi connectivity index (χ1) is 15.8. The van der Waals surface area contributed by atoms with Crippen LogP contribution in [0.15, 0.2) is 83.8 Å². The Morgan fingerprint density at radius 1 is 0.848 bits per heavy atom. The Labute approximate surface area is 196 Å². The minimum Gasteiger partial charge on any atom is -0.336 e. The highest BCUT2D eigenvalue weighted by Gasteiger charge is 2.24. The quantitative estimate of drug-likeness (QED) is 0.558. The molecule has 0 spiro atoms. The molecule has 1 aliphatic rings. The molecule has 7 heteroatoms. The Hall–Kier alpha value is -3.16. The molecule has 0 N–H and O–H groups in total. The van der Waals surface area contributed by atoms with E-state index in [1.807, 2.05) is 30.0 Å². The van der Waals surface area contributed by atoms with Gasteiger partial charge in [-0.25, -0.2) is 8.42 Å². The second kappa shape index (κ2) is 9.77. The SMILES string of the molecule is Cc1ccc(S(=O)(=O)N(C)c2ccc(C(=O)N3CCN(Cc4ccccc4)CC3)cc2)cc1. The average Bonchev–Trinajstić information content (AvgIpc) is 2.84. The van der Waals surface area contributed by atoms with Gasteiger partial charge in [0, 0.05) is 45.3 Å². The maximum atomic E-state index is 13.0. The van der Waals surface area contributed by atoms with Crippen LogP contribution >= 0.6 is 0 Å². The van der Waals surface area contributed by atoms with Crippen molar-refractivity contribution in [2.24, 2.45) is 0 Å². The third-order valence-electron chi connectivity index (χ3n) is 6.07. The first kappa shape index (κ1) is 23.0. The van der Waals surface area contributed by atoms with Crippen LogP contribution in [0, 0.1) is 6.92 Å². The fourth-order valence-electron chi connectivity index (χ4n) is 3.95. The predicted octanol–water partition coefficient (Wildman–Crippen LogP) is 3.78. The van der Waals surface area contributed by atoms with Gasteiger partial charge in [-0.2, -0.15) is 0 Å². The molecule has 3 aromatic rings. The van der Waals surface area contributed by atoms with Gasteiger partial charge in [-0.15, -0.1) is 0 Å². The standard InChI is InChI=1S/C26H29N3O3S/c1-21-8-14-25(15-9-21)33(31,32)27(2)24-12-10-23(11-13-24)26(30)29-18-16-28(17-19-29)20-22-6-4-3-5-7-22/h3-15H,16-20H2,1-2H3. The van der Waals surface area contributed by atoms with Crippen molar-refractivity contribution in [2.75, 3.05) is 37.5 Å². The molecule has 0 unspecified atom stereocenters. The lowest BCUT2D eigenvalue weighted by Gasteiger charge is -2.34. The molecule has 0 saturated carbocycles. The van der Waals surface area contributed by atoms with Crippen LogP contribution in [0.5, 0.6) is 0 Å². The number of carbonyl (C=O) groups excluding carboxylic acids is 1. The molecule has 1 amide bonds. The average molecular weight is 464 g/mol. The highest BCUT2D eigenvalue weighted by molar-refractivity contribution is 7.92. The zero-order chi connectivity index (χ0) is 23.4. The van der Waals surface area contributed by atoms with Gasteiger partial charge in [0.15, 0.2) is 0 Å². The number of hydrogen-bond donors (Lipinski definition) is 0. The molecule has 1 heterocycles. The molecule has 0 aromatic heterocycles. The topological polar surface area (TPSA) is 60.9 Å². The number of aryl methyl sites for hydroxylation is 1. The van der Waals surface area contributed by atoms with Gasteiger partial charge in [0.25, 0.3) is 15.9 Å². The van der Waals surface area contributed by atoms with Crippen molar-refractivity contribution in [3.63, 3.8) is 0 Å². The summed E-state index contributed by atoms with van der Waals surface area (Å²) in [5.74, 6) is -0.0232. The second-order valence-electron chi connectivity index (χ2n) is 8.39. The Morgan fingerprint density at radius 3 is 2.06 bits per heavy atom. The summed E-state index contributed by atoms with van der Waals surface area (Å²) in [7, 11) is -2.14. The van der Waals surface area contributed by atoms with E-state index in [9.17, 15) is 13.2 Å². The van der Waals surface area contributed by atoms with Crippen LogP contribution in [0.3, 0.4) is 0 Å². The molecule has 0 radical (unpaired) electrons. The fraction of sp³-hybridized carbons (Fsp3) is 0.269. The highest BCUT2D eigenvalue weighted by Crippen LogP contribution is 2.23. The van der Waals surface area contributed by atoms with Crippen LogP contribution < -0.4 is 4.31 Å². The van der Waals surface area contributed by atoms with Gasteiger partial charge in [-0.3, -0.25) is 14.0 Å². The molecule has 33 heavy (non-hydrogen) atoms. The second-order valence-corrected chi connectivity index (χ2v) is 10.4. The van der Waals surface area contributed by atoms with E-state index in [0.29, 0.717) is 24.3 Å². The summed E-state index contributed by atoms with van der Waals surface area (Å²) in [6.45, 7) is 5.81. The first-order valence-corrected chi connectivity index (χ1v) is 12.5. The predicted molar refractivity (Wildman–Crippen MR) is 131 cm³/mol. The van der Waals surface area contributed by atoms with E-state index in [1.165, 1.54) is 16.9 Å². The Balaban J connectivity index is 1.38. The number of nitrogens with zero attached hydrogens (tertiary/aromatic N) is 3. The normalized spacial score (nSPS) is 14.8. The van der Waals surface area contributed by atoms with Gasteiger partial charge in [0.2, 0.25) is 0 Å². The molecule has 6 nitrogen and oxygen atoms in total. The zero-order valence-corrected chi connectivity index (χ0v) is 19.8. The van der Waals surface area contributed by atoms with Gasteiger partial charge in [0.05, 0.1) is 10.6 Å². The number of rotatable bonds is 6. The van der Waals surface area contributed by atoms with Crippen LogP contribution in [0.25, 0.3) is 0 Å². The van der Waals surface area contributed by atoms with E-state index >= 15 is 0 Å². The lowest BCUT2D eigenvalue weighted by Crippen LogP contribution is -2.48. The van der Waals surface area contributed by atoms with Crippen molar-refractivity contribution in [2.45, 2.75) is 18.4 Å². The largest absolute Gasteiger partial charge is 0.336 e. The minimum atomic E-state index is -3.66. The van der Waals surface area contributed by atoms with Crippen molar-refractivity contribution in [3.05, 3.63) is 95.6 Å². The summed E-state index contributed by atoms with van der Waals surface area (Å²) in [6.07, 6.45) is 0. The van der Waals surface area contributed by atoms with Crippen LogP contribution in [0.2, 0.25) is 0 Å². The van der Waals surface area contributed by atoms with E-state index in [1.54, 1.807) is 48.5 Å². The molecular formula is C26H29N3O3S. The minimum absolute atomic E-state index is 0.0232. The maximum absolute atomic E-state index is 13.0. The number of hydrogen-bond acceptors (Lipinski definition) is 4. The molecule has 0 bridgehead atoms. The third kappa shape index (κ3) is 5.26. The van der Waals surface area contributed by atoms with E-state index < -0.39 is 10.0 Å². The third-order valence-corrected chi connectivity index (χ3v) is 7.87. The van der Waals surface area contributed by atoms with E-state index in [2.05, 4.69) is 17.0 Å². The van der Waals surface area contributed by atoms with E-state index in [-0.39, 0.29) is 10.8 Å². The zero-order valence-electron chi connectivity index (χ0n) is 19.0.